The molecule has 0 heterocycles. The predicted octanol–water partition coefficient (Wildman–Crippen LogP) is 2.68. The van der Waals surface area contributed by atoms with Crippen molar-refractivity contribution in [3.05, 3.63) is 29.8 Å². The van der Waals surface area contributed by atoms with Gasteiger partial charge in [0.25, 0.3) is 0 Å². The fraction of sp³-hybridized carbons (Fsp3) is 0.417. The Hall–Kier alpha value is -1.31. The smallest absolute Gasteiger partial charge is 0.153 e. The van der Waals surface area contributed by atoms with E-state index in [1.54, 1.807) is 6.07 Å². The second-order valence-corrected chi connectivity index (χ2v) is 3.76. The summed E-state index contributed by atoms with van der Waals surface area (Å²) in [5.74, 6) is 1.42. The molecule has 0 atom stereocenters. The quantitative estimate of drug-likeness (QED) is 0.682. The average Bonchev–Trinajstić information content (AvgIpc) is 2.16. The highest BCUT2D eigenvalue weighted by Gasteiger charge is 2.18. The van der Waals surface area contributed by atoms with E-state index < -0.39 is 0 Å². The molecule has 0 bridgehead atoms. The van der Waals surface area contributed by atoms with Gasteiger partial charge in [0, 0.05) is 0 Å². The topological polar surface area (TPSA) is 26.3 Å². The summed E-state index contributed by atoms with van der Waals surface area (Å²) >= 11 is 0. The Balaban J connectivity index is 1.96. The molecular formula is C12H14O2. The van der Waals surface area contributed by atoms with Crippen molar-refractivity contribution in [3.8, 4) is 5.75 Å². The largest absolute Gasteiger partial charge is 0.493 e. The molecule has 0 amide bonds. The number of aldehydes is 1. The van der Waals surface area contributed by atoms with Crippen LogP contribution in [0.2, 0.25) is 0 Å². The van der Waals surface area contributed by atoms with Crippen LogP contribution in [-0.2, 0) is 0 Å². The minimum Gasteiger partial charge on any atom is -0.493 e. The van der Waals surface area contributed by atoms with Gasteiger partial charge >= 0.3 is 0 Å². The molecule has 14 heavy (non-hydrogen) atoms. The Kier molecular flexibility index (Phi) is 2.82. The Morgan fingerprint density at radius 3 is 2.79 bits per heavy atom. The van der Waals surface area contributed by atoms with Crippen LogP contribution in [0.3, 0.4) is 0 Å². The fourth-order valence-electron chi connectivity index (χ4n) is 1.58. The Bertz CT molecular complexity index is 316. The molecule has 0 N–H and O–H groups in total. The van der Waals surface area contributed by atoms with Gasteiger partial charge in [-0.2, -0.15) is 0 Å². The normalized spacial score (nSPS) is 16.0. The highest BCUT2D eigenvalue weighted by molar-refractivity contribution is 5.79. The second-order valence-electron chi connectivity index (χ2n) is 3.76. The number of carbonyl (C=O) groups is 1. The van der Waals surface area contributed by atoms with E-state index in [2.05, 4.69) is 0 Å². The Morgan fingerprint density at radius 2 is 2.14 bits per heavy atom. The molecular weight excluding hydrogens is 176 g/mol. The van der Waals surface area contributed by atoms with Gasteiger partial charge in [-0.15, -0.1) is 0 Å². The van der Waals surface area contributed by atoms with Gasteiger partial charge in [0.05, 0.1) is 12.2 Å². The van der Waals surface area contributed by atoms with E-state index in [1.807, 2.05) is 18.2 Å². The van der Waals surface area contributed by atoms with Crippen molar-refractivity contribution in [2.24, 2.45) is 5.92 Å². The molecule has 2 rings (SSSR count). The summed E-state index contributed by atoms with van der Waals surface area (Å²) in [6.07, 6.45) is 4.70. The molecule has 0 saturated heterocycles. The predicted molar refractivity (Wildman–Crippen MR) is 54.7 cm³/mol. The molecule has 1 fully saturated rings. The van der Waals surface area contributed by atoms with Gasteiger partial charge in [-0.3, -0.25) is 4.79 Å². The number of rotatable bonds is 4. The van der Waals surface area contributed by atoms with Crippen LogP contribution in [0.4, 0.5) is 0 Å². The van der Waals surface area contributed by atoms with Crippen molar-refractivity contribution in [1.82, 2.24) is 0 Å². The summed E-state index contributed by atoms with van der Waals surface area (Å²) in [4.78, 5) is 10.7. The van der Waals surface area contributed by atoms with Gasteiger partial charge in [-0.25, -0.2) is 0 Å². The number of carbonyl (C=O) groups excluding carboxylic acids is 1. The van der Waals surface area contributed by atoms with Crippen LogP contribution in [0.1, 0.15) is 29.6 Å². The minimum atomic E-state index is 0.645. The van der Waals surface area contributed by atoms with Crippen LogP contribution in [0.5, 0.6) is 5.75 Å². The maximum atomic E-state index is 10.7. The van der Waals surface area contributed by atoms with Gasteiger partial charge in [0.15, 0.2) is 6.29 Å². The van der Waals surface area contributed by atoms with Crippen LogP contribution in [0.15, 0.2) is 24.3 Å². The van der Waals surface area contributed by atoms with Crippen LogP contribution in [0, 0.1) is 5.92 Å². The van der Waals surface area contributed by atoms with Crippen molar-refractivity contribution >= 4 is 6.29 Å². The molecule has 0 aliphatic heterocycles. The van der Waals surface area contributed by atoms with Crippen molar-refractivity contribution in [2.45, 2.75) is 19.3 Å². The summed E-state index contributed by atoms with van der Waals surface area (Å²) in [6, 6.07) is 7.37. The van der Waals surface area contributed by atoms with Crippen molar-refractivity contribution in [3.63, 3.8) is 0 Å². The molecule has 0 radical (unpaired) electrons. The molecule has 1 aromatic carbocycles. The van der Waals surface area contributed by atoms with Crippen LogP contribution >= 0.6 is 0 Å². The van der Waals surface area contributed by atoms with E-state index in [-0.39, 0.29) is 0 Å². The summed E-state index contributed by atoms with van der Waals surface area (Å²) in [5.41, 5.74) is 0.645. The second kappa shape index (κ2) is 4.27. The van der Waals surface area contributed by atoms with Gasteiger partial charge in [-0.05, 0) is 30.9 Å². The number of ether oxygens (including phenoxy) is 1. The molecule has 0 spiro atoms. The standard InChI is InChI=1S/C12H14O2/c13-8-11-6-1-2-7-12(11)14-9-10-4-3-5-10/h1-2,6-8,10H,3-5,9H2. The van der Waals surface area contributed by atoms with E-state index in [0.717, 1.165) is 18.6 Å². The van der Waals surface area contributed by atoms with Gasteiger partial charge in [0.1, 0.15) is 5.75 Å². The molecule has 74 valence electrons. The van der Waals surface area contributed by atoms with Crippen LogP contribution in [-0.4, -0.2) is 12.9 Å². The Labute approximate surface area is 83.9 Å². The molecule has 0 unspecified atom stereocenters. The third-order valence-electron chi connectivity index (χ3n) is 2.75. The third-order valence-corrected chi connectivity index (χ3v) is 2.75. The number of hydrogen-bond acceptors (Lipinski definition) is 2. The first-order valence-electron chi connectivity index (χ1n) is 5.07. The SMILES string of the molecule is O=Cc1ccccc1OCC1CCC1. The van der Waals surface area contributed by atoms with Gasteiger partial charge < -0.3 is 4.74 Å². The lowest BCUT2D eigenvalue weighted by atomic mass is 9.86. The molecule has 1 aliphatic rings. The van der Waals surface area contributed by atoms with Crippen molar-refractivity contribution < 1.29 is 9.53 Å². The first-order chi connectivity index (χ1) is 6.90. The summed E-state index contributed by atoms with van der Waals surface area (Å²) in [5, 5.41) is 0. The molecule has 2 heteroatoms. The van der Waals surface area contributed by atoms with Gasteiger partial charge in [0.2, 0.25) is 0 Å². The Morgan fingerprint density at radius 1 is 1.36 bits per heavy atom. The zero-order valence-electron chi connectivity index (χ0n) is 8.11. The maximum Gasteiger partial charge on any atom is 0.153 e. The van der Waals surface area contributed by atoms with E-state index in [4.69, 9.17) is 4.74 Å². The summed E-state index contributed by atoms with van der Waals surface area (Å²) < 4.78 is 5.60. The number of benzene rings is 1. The zero-order chi connectivity index (χ0) is 9.80. The average molecular weight is 190 g/mol. The van der Waals surface area contributed by atoms with Crippen molar-refractivity contribution in [2.75, 3.05) is 6.61 Å². The molecule has 1 aliphatic carbocycles. The lowest BCUT2D eigenvalue weighted by Crippen LogP contribution is -2.19. The minimum absolute atomic E-state index is 0.645. The number of hydrogen-bond donors (Lipinski definition) is 0. The molecule has 2 nitrogen and oxygen atoms in total. The first-order valence-corrected chi connectivity index (χ1v) is 5.07. The number of para-hydroxylation sites is 1. The van der Waals surface area contributed by atoms with E-state index in [9.17, 15) is 4.79 Å². The maximum absolute atomic E-state index is 10.7. The third kappa shape index (κ3) is 1.95. The highest BCUT2D eigenvalue weighted by atomic mass is 16.5. The van der Waals surface area contributed by atoms with Crippen molar-refractivity contribution in [1.29, 1.82) is 0 Å². The zero-order valence-corrected chi connectivity index (χ0v) is 8.11. The van der Waals surface area contributed by atoms with Gasteiger partial charge in [-0.1, -0.05) is 18.6 Å². The lowest BCUT2D eigenvalue weighted by Gasteiger charge is -2.25. The highest BCUT2D eigenvalue weighted by Crippen LogP contribution is 2.27. The van der Waals surface area contributed by atoms with E-state index in [1.165, 1.54) is 19.3 Å². The molecule has 1 aromatic rings. The molecule has 0 aromatic heterocycles. The lowest BCUT2D eigenvalue weighted by molar-refractivity contribution is 0.111. The van der Waals surface area contributed by atoms with Crippen LogP contribution < -0.4 is 4.74 Å². The summed E-state index contributed by atoms with van der Waals surface area (Å²) in [6.45, 7) is 0.755. The summed E-state index contributed by atoms with van der Waals surface area (Å²) in [7, 11) is 0. The monoisotopic (exact) mass is 190 g/mol. The van der Waals surface area contributed by atoms with E-state index in [0.29, 0.717) is 11.5 Å². The molecule has 1 saturated carbocycles. The fourth-order valence-corrected chi connectivity index (χ4v) is 1.58. The van der Waals surface area contributed by atoms with Crippen LogP contribution in [0.25, 0.3) is 0 Å². The first kappa shape index (κ1) is 9.25. The van der Waals surface area contributed by atoms with E-state index >= 15 is 0 Å².